The van der Waals surface area contributed by atoms with E-state index in [1.807, 2.05) is 29.8 Å². The smallest absolute Gasteiger partial charge is 0.269 e. The summed E-state index contributed by atoms with van der Waals surface area (Å²) >= 11 is 0. The van der Waals surface area contributed by atoms with Crippen LogP contribution in [0.5, 0.6) is 0 Å². The minimum absolute atomic E-state index is 0.0381. The maximum absolute atomic E-state index is 12.2. The number of nitro groups is 1. The molecular formula is C18H16N4O3. The van der Waals surface area contributed by atoms with Gasteiger partial charge in [-0.2, -0.15) is 5.10 Å². The molecule has 2 heterocycles. The third kappa shape index (κ3) is 3.55. The summed E-state index contributed by atoms with van der Waals surface area (Å²) in [5, 5.41) is 14.8. The van der Waals surface area contributed by atoms with Gasteiger partial charge in [-0.1, -0.05) is 0 Å². The zero-order valence-electron chi connectivity index (χ0n) is 13.6. The molecule has 25 heavy (non-hydrogen) atoms. The first kappa shape index (κ1) is 16.4. The molecule has 0 atom stereocenters. The van der Waals surface area contributed by atoms with Crippen LogP contribution in [-0.4, -0.2) is 25.1 Å². The van der Waals surface area contributed by atoms with Crippen molar-refractivity contribution >= 4 is 17.5 Å². The van der Waals surface area contributed by atoms with Crippen molar-refractivity contribution in [2.45, 2.75) is 13.5 Å². The van der Waals surface area contributed by atoms with Crippen molar-refractivity contribution in [2.75, 3.05) is 0 Å². The molecule has 0 unspecified atom stereocenters. The molecule has 0 aliphatic rings. The highest BCUT2D eigenvalue weighted by molar-refractivity contribution is 6.06. The lowest BCUT2D eigenvalue weighted by Gasteiger charge is -2.06. The highest BCUT2D eigenvalue weighted by Crippen LogP contribution is 2.18. The van der Waals surface area contributed by atoms with Crippen LogP contribution in [0, 0.1) is 10.1 Å². The highest BCUT2D eigenvalue weighted by Gasteiger charge is 2.08. The van der Waals surface area contributed by atoms with Gasteiger partial charge in [0.15, 0.2) is 5.78 Å². The number of hydrogen-bond donors (Lipinski definition) is 0. The summed E-state index contributed by atoms with van der Waals surface area (Å²) in [5.41, 5.74) is 2.15. The summed E-state index contributed by atoms with van der Waals surface area (Å²) in [6.45, 7) is 2.66. The molecule has 0 N–H and O–H groups in total. The number of nitrogens with zero attached hydrogens (tertiary/aromatic N) is 4. The van der Waals surface area contributed by atoms with Crippen LogP contribution < -0.4 is 0 Å². The summed E-state index contributed by atoms with van der Waals surface area (Å²) in [6.07, 6.45) is 8.30. The van der Waals surface area contributed by atoms with Gasteiger partial charge >= 0.3 is 0 Å². The molecule has 0 spiro atoms. The van der Waals surface area contributed by atoms with Crippen molar-refractivity contribution in [3.05, 3.63) is 82.4 Å². The van der Waals surface area contributed by atoms with Crippen molar-refractivity contribution in [3.8, 4) is 5.69 Å². The van der Waals surface area contributed by atoms with Crippen LogP contribution in [0.15, 0.2) is 61.1 Å². The fourth-order valence-electron chi connectivity index (χ4n) is 2.42. The second-order valence-corrected chi connectivity index (χ2v) is 5.36. The summed E-state index contributed by atoms with van der Waals surface area (Å²) < 4.78 is 3.55. The summed E-state index contributed by atoms with van der Waals surface area (Å²) in [7, 11) is 0. The monoisotopic (exact) mass is 336 g/mol. The van der Waals surface area contributed by atoms with Gasteiger partial charge in [0.25, 0.3) is 5.69 Å². The summed E-state index contributed by atoms with van der Waals surface area (Å²) in [5.74, 6) is -0.129. The second kappa shape index (κ2) is 6.96. The molecular weight excluding hydrogens is 320 g/mol. The Kier molecular flexibility index (Phi) is 4.56. The minimum atomic E-state index is -0.435. The number of allylic oxidation sites excluding steroid dienone is 1. The number of ketones is 1. The first-order valence-electron chi connectivity index (χ1n) is 7.75. The molecule has 3 rings (SSSR count). The summed E-state index contributed by atoms with van der Waals surface area (Å²) in [6, 6.07) is 9.95. The van der Waals surface area contributed by atoms with Gasteiger partial charge in [-0.15, -0.1) is 0 Å². The zero-order chi connectivity index (χ0) is 17.8. The Morgan fingerprint density at radius 1 is 1.28 bits per heavy atom. The number of rotatable bonds is 6. The van der Waals surface area contributed by atoms with Crippen LogP contribution in [0.3, 0.4) is 0 Å². The standard InChI is InChI=1S/C18H16N4O3/c1-2-20-13-14(12-19-20)18(23)10-9-15-4-3-11-21(15)16-5-7-17(8-6-16)22(24)25/h3-13H,2H2,1H3/b10-9+. The van der Waals surface area contributed by atoms with Gasteiger partial charge in [0, 0.05) is 42.5 Å². The Morgan fingerprint density at radius 3 is 2.68 bits per heavy atom. The van der Waals surface area contributed by atoms with Crippen LogP contribution in [0.1, 0.15) is 23.0 Å². The van der Waals surface area contributed by atoms with Crippen LogP contribution in [0.25, 0.3) is 11.8 Å². The number of benzene rings is 1. The fraction of sp³-hybridized carbons (Fsp3) is 0.111. The quantitative estimate of drug-likeness (QED) is 0.298. The van der Waals surface area contributed by atoms with E-state index in [1.165, 1.54) is 18.2 Å². The Hall–Kier alpha value is -3.48. The van der Waals surface area contributed by atoms with E-state index >= 15 is 0 Å². The van der Waals surface area contributed by atoms with E-state index < -0.39 is 4.92 Å². The molecule has 2 aromatic heterocycles. The highest BCUT2D eigenvalue weighted by atomic mass is 16.6. The molecule has 0 aliphatic carbocycles. The van der Waals surface area contributed by atoms with Crippen LogP contribution in [0.2, 0.25) is 0 Å². The lowest BCUT2D eigenvalue weighted by atomic mass is 10.2. The van der Waals surface area contributed by atoms with Gasteiger partial charge in [-0.25, -0.2) is 0 Å². The van der Waals surface area contributed by atoms with Crippen molar-refractivity contribution in [1.29, 1.82) is 0 Å². The molecule has 0 fully saturated rings. The van der Waals surface area contributed by atoms with Gasteiger partial charge in [0.2, 0.25) is 0 Å². The van der Waals surface area contributed by atoms with E-state index in [9.17, 15) is 14.9 Å². The van der Waals surface area contributed by atoms with Gasteiger partial charge in [0.1, 0.15) is 0 Å². The third-order valence-corrected chi connectivity index (χ3v) is 3.77. The van der Waals surface area contributed by atoms with Crippen LogP contribution in [0.4, 0.5) is 5.69 Å². The third-order valence-electron chi connectivity index (χ3n) is 3.77. The van der Waals surface area contributed by atoms with Gasteiger partial charge < -0.3 is 4.57 Å². The Bertz CT molecular complexity index is 935. The molecule has 7 nitrogen and oxygen atoms in total. The van der Waals surface area contributed by atoms with Crippen LogP contribution in [-0.2, 0) is 6.54 Å². The number of aromatic nitrogens is 3. The molecule has 126 valence electrons. The SMILES string of the molecule is CCn1cc(C(=O)/C=C/c2cccn2-c2ccc([N+](=O)[O-])cc2)cn1. The van der Waals surface area contributed by atoms with Gasteiger partial charge in [-0.3, -0.25) is 19.6 Å². The first-order chi connectivity index (χ1) is 12.1. The zero-order valence-corrected chi connectivity index (χ0v) is 13.6. The predicted molar refractivity (Wildman–Crippen MR) is 93.7 cm³/mol. The van der Waals surface area contributed by atoms with E-state index in [0.29, 0.717) is 12.1 Å². The van der Waals surface area contributed by atoms with E-state index in [0.717, 1.165) is 11.4 Å². The predicted octanol–water partition coefficient (Wildman–Crippen LogP) is 3.50. The average molecular weight is 336 g/mol. The second-order valence-electron chi connectivity index (χ2n) is 5.36. The number of nitro benzene ring substituents is 1. The average Bonchev–Trinajstić information content (AvgIpc) is 3.29. The van der Waals surface area contributed by atoms with Gasteiger partial charge in [0.05, 0.1) is 16.7 Å². The maximum atomic E-state index is 12.2. The Labute approximate surface area is 144 Å². The van der Waals surface area contributed by atoms with Crippen molar-refractivity contribution < 1.29 is 9.72 Å². The Morgan fingerprint density at radius 2 is 2.04 bits per heavy atom. The Balaban J connectivity index is 1.81. The molecule has 0 bridgehead atoms. The van der Waals surface area contributed by atoms with Gasteiger partial charge in [-0.05, 0) is 43.3 Å². The number of aryl methyl sites for hydroxylation is 1. The molecule has 0 saturated heterocycles. The van der Waals surface area contributed by atoms with Crippen molar-refractivity contribution in [1.82, 2.24) is 14.3 Å². The molecule has 3 aromatic rings. The molecule has 0 saturated carbocycles. The lowest BCUT2D eigenvalue weighted by Crippen LogP contribution is -1.97. The minimum Gasteiger partial charge on any atom is -0.317 e. The number of non-ortho nitro benzene ring substituents is 1. The van der Waals surface area contributed by atoms with Crippen LogP contribution >= 0.6 is 0 Å². The number of carbonyl (C=O) groups is 1. The van der Waals surface area contributed by atoms with E-state index in [4.69, 9.17) is 0 Å². The fourth-order valence-corrected chi connectivity index (χ4v) is 2.42. The van der Waals surface area contributed by atoms with E-state index in [-0.39, 0.29) is 11.5 Å². The topological polar surface area (TPSA) is 83.0 Å². The normalized spacial score (nSPS) is 11.1. The van der Waals surface area contributed by atoms with Crippen molar-refractivity contribution in [2.24, 2.45) is 0 Å². The molecule has 0 aliphatic heterocycles. The summed E-state index contributed by atoms with van der Waals surface area (Å²) in [4.78, 5) is 22.5. The molecule has 0 amide bonds. The van der Waals surface area contributed by atoms with E-state index in [1.54, 1.807) is 35.3 Å². The van der Waals surface area contributed by atoms with Crippen molar-refractivity contribution in [3.63, 3.8) is 0 Å². The largest absolute Gasteiger partial charge is 0.317 e. The number of carbonyl (C=O) groups excluding carboxylic acids is 1. The van der Waals surface area contributed by atoms with E-state index in [2.05, 4.69) is 5.10 Å². The molecule has 0 radical (unpaired) electrons. The lowest BCUT2D eigenvalue weighted by molar-refractivity contribution is -0.384. The molecule has 7 heteroatoms. The molecule has 1 aromatic carbocycles. The number of hydrogen-bond acceptors (Lipinski definition) is 4. The maximum Gasteiger partial charge on any atom is 0.269 e. The first-order valence-corrected chi connectivity index (χ1v) is 7.75.